The van der Waals surface area contributed by atoms with E-state index in [1.165, 1.54) is 11.0 Å². The number of nitrogens with one attached hydrogen (secondary N) is 3. The third kappa shape index (κ3) is 10.2. The lowest BCUT2D eigenvalue weighted by molar-refractivity contribution is -0.137. The summed E-state index contributed by atoms with van der Waals surface area (Å²) in [7, 11) is -2.64. The molecule has 2 aromatic carbocycles. The van der Waals surface area contributed by atoms with Crippen molar-refractivity contribution in [1.82, 2.24) is 10.6 Å². The van der Waals surface area contributed by atoms with E-state index in [-0.39, 0.29) is 52.7 Å². The zero-order valence-corrected chi connectivity index (χ0v) is 30.2. The molecule has 2 amide bonds. The number of carbonyl (C=O) groups excluding carboxylic acids is 2. The molecule has 1 heterocycles. The highest BCUT2D eigenvalue weighted by atomic mass is 32.2. The van der Waals surface area contributed by atoms with Crippen LogP contribution in [0.4, 0.5) is 24.5 Å². The maximum absolute atomic E-state index is 14.1. The van der Waals surface area contributed by atoms with Crippen LogP contribution >= 0.6 is 11.8 Å². The Labute approximate surface area is 295 Å². The van der Waals surface area contributed by atoms with Crippen molar-refractivity contribution in [2.75, 3.05) is 35.7 Å². The highest BCUT2D eigenvalue weighted by Gasteiger charge is 2.37. The molecule has 10 nitrogen and oxygen atoms in total. The molecule has 5 N–H and O–H groups in total. The van der Waals surface area contributed by atoms with Crippen LogP contribution in [0.15, 0.2) is 65.1 Å². The van der Waals surface area contributed by atoms with Crippen LogP contribution in [0.2, 0.25) is 0 Å². The van der Waals surface area contributed by atoms with Crippen molar-refractivity contribution in [2.45, 2.75) is 81.8 Å². The van der Waals surface area contributed by atoms with Crippen molar-refractivity contribution in [2.24, 2.45) is 0 Å². The first kappa shape index (κ1) is 39.2. The number of hydrogen-bond acceptors (Lipinski definition) is 9. The zero-order valence-electron chi connectivity index (χ0n) is 28.5. The molecule has 2 aliphatic rings. The number of halogens is 3. The number of hydrogen-bond donors (Lipinski definition) is 5. The Kier molecular flexibility index (Phi) is 12.3. The minimum atomic E-state index is -4.63. The molecule has 1 aliphatic carbocycles. The number of carbonyl (C=O) groups is 2. The fourth-order valence-corrected chi connectivity index (χ4v) is 7.37. The van der Waals surface area contributed by atoms with Crippen LogP contribution in [0.25, 0.3) is 5.57 Å². The van der Waals surface area contributed by atoms with Crippen molar-refractivity contribution < 1.29 is 41.4 Å². The molecule has 2 aromatic rings. The topological polar surface area (TPSA) is 148 Å². The minimum Gasteiger partial charge on any atom is -0.394 e. The number of fused-ring (bicyclic) bond motifs is 1. The second-order valence-electron chi connectivity index (χ2n) is 14.0. The largest absolute Gasteiger partial charge is 0.416 e. The van der Waals surface area contributed by atoms with E-state index in [1.807, 2.05) is 39.0 Å². The van der Waals surface area contributed by atoms with Gasteiger partial charge in [-0.1, -0.05) is 30.4 Å². The van der Waals surface area contributed by atoms with Crippen LogP contribution in [0.5, 0.6) is 0 Å². The van der Waals surface area contributed by atoms with Crippen LogP contribution in [0.1, 0.15) is 58.6 Å². The summed E-state index contributed by atoms with van der Waals surface area (Å²) >= 11 is 1.01. The average molecular weight is 737 g/mol. The molecular weight excluding hydrogens is 694 g/mol. The van der Waals surface area contributed by atoms with Gasteiger partial charge in [0.15, 0.2) is 0 Å². The van der Waals surface area contributed by atoms with Gasteiger partial charge in [-0.3, -0.25) is 9.59 Å². The molecule has 50 heavy (non-hydrogen) atoms. The fourth-order valence-electron chi connectivity index (χ4n) is 5.60. The number of anilines is 2. The van der Waals surface area contributed by atoms with Crippen LogP contribution in [0.3, 0.4) is 0 Å². The summed E-state index contributed by atoms with van der Waals surface area (Å²) in [5.74, 6) is -1.12. The normalized spacial score (nSPS) is 17.7. The Bertz CT molecular complexity index is 1810. The summed E-state index contributed by atoms with van der Waals surface area (Å²) in [6.07, 6.45) is -2.42. The van der Waals surface area contributed by atoms with Crippen LogP contribution in [0, 0.1) is 0 Å². The first-order chi connectivity index (χ1) is 23.3. The summed E-state index contributed by atoms with van der Waals surface area (Å²) < 4.78 is 66.3. The number of nitrogens with zero attached hydrogens (tertiary/aromatic N) is 1. The Balaban J connectivity index is 1.68. The third-order valence-electron chi connectivity index (χ3n) is 7.98. The predicted octanol–water partition coefficient (Wildman–Crippen LogP) is 4.42. The van der Waals surface area contributed by atoms with E-state index in [0.717, 1.165) is 29.6 Å². The molecule has 0 spiro atoms. The van der Waals surface area contributed by atoms with E-state index < -0.39 is 58.1 Å². The second kappa shape index (κ2) is 15.7. The van der Waals surface area contributed by atoms with Crippen molar-refractivity contribution in [3.63, 3.8) is 0 Å². The van der Waals surface area contributed by atoms with E-state index in [2.05, 4.69) is 16.0 Å². The first-order valence-corrected chi connectivity index (χ1v) is 18.1. The number of thioether (sulfide) groups is 1. The maximum atomic E-state index is 14.1. The maximum Gasteiger partial charge on any atom is 0.416 e. The highest BCUT2D eigenvalue weighted by molar-refractivity contribution is 7.99. The number of aliphatic hydroxyl groups excluding tert-OH is 2. The molecule has 1 aliphatic heterocycles. The molecule has 0 radical (unpaired) electrons. The molecule has 0 fully saturated rings. The van der Waals surface area contributed by atoms with E-state index in [9.17, 15) is 36.3 Å². The van der Waals surface area contributed by atoms with Gasteiger partial charge >= 0.3 is 6.18 Å². The summed E-state index contributed by atoms with van der Waals surface area (Å²) in [6, 6.07) is 9.29. The van der Waals surface area contributed by atoms with Gasteiger partial charge in [-0.25, -0.2) is 0 Å². The van der Waals surface area contributed by atoms with Gasteiger partial charge in [-0.05, 0) is 64.5 Å². The Morgan fingerprint density at radius 2 is 1.78 bits per heavy atom. The number of β-amino-alcohol motifs (C(OH)–C–C–N with tert-alkyl or cyclic N) is 1. The van der Waals surface area contributed by atoms with Gasteiger partial charge in [0.25, 0.3) is 5.91 Å². The molecule has 0 saturated heterocycles. The van der Waals surface area contributed by atoms with Crippen molar-refractivity contribution >= 4 is 55.7 Å². The smallest absolute Gasteiger partial charge is 0.394 e. The quantitative estimate of drug-likeness (QED) is 0.212. The van der Waals surface area contributed by atoms with Crippen molar-refractivity contribution in [1.29, 1.82) is 0 Å². The number of amides is 2. The molecule has 15 heteroatoms. The zero-order chi connectivity index (χ0) is 37.0. The number of benzene rings is 2. The molecule has 2 atom stereocenters. The van der Waals surface area contributed by atoms with Crippen molar-refractivity contribution in [3.05, 3.63) is 71.3 Å². The lowest BCUT2D eigenvalue weighted by atomic mass is 9.91. The molecule has 0 bridgehead atoms. The van der Waals surface area contributed by atoms with Gasteiger partial charge in [0, 0.05) is 64.5 Å². The molecule has 4 rings (SSSR count). The lowest BCUT2D eigenvalue weighted by Crippen LogP contribution is -2.53. The van der Waals surface area contributed by atoms with Gasteiger partial charge in [-0.15, -0.1) is 11.8 Å². The first-order valence-electron chi connectivity index (χ1n) is 16.0. The van der Waals surface area contributed by atoms with Gasteiger partial charge in [0.2, 0.25) is 16.2 Å². The Morgan fingerprint density at radius 1 is 1.08 bits per heavy atom. The Morgan fingerprint density at radius 3 is 2.42 bits per heavy atom. The Hall–Kier alpha value is -3.63. The van der Waals surface area contributed by atoms with Crippen LogP contribution in [-0.2, 0) is 26.1 Å². The van der Waals surface area contributed by atoms with Crippen molar-refractivity contribution in [3.8, 4) is 0 Å². The second-order valence-corrected chi connectivity index (χ2v) is 16.0. The SMILES string of the molecule is CC(C)(C)Nc1ccccc1C1=CC=C(CN2C(=O)[C@H](NC(=O)CC(C)(C)NC[C@H](O)CO)CSc3cc(C(F)(F)F)ccc32)CC1=S(=O)=O. The van der Waals surface area contributed by atoms with E-state index in [4.69, 9.17) is 5.11 Å². The fraction of sp³-hybridized carbons (Fsp3) is 0.457. The molecule has 0 saturated carbocycles. The van der Waals surface area contributed by atoms with E-state index >= 15 is 0 Å². The number of alkyl halides is 3. The van der Waals surface area contributed by atoms with E-state index in [0.29, 0.717) is 16.7 Å². The average Bonchev–Trinajstić information content (AvgIpc) is 3.14. The summed E-state index contributed by atoms with van der Waals surface area (Å²) in [5, 5.41) is 27.9. The predicted molar refractivity (Wildman–Crippen MR) is 191 cm³/mol. The van der Waals surface area contributed by atoms with Crippen LogP contribution < -0.4 is 20.9 Å². The number of aliphatic hydroxyl groups is 2. The standard InChI is InChI=1S/C35H43F3N4O6S2/c1-33(2,3)41-26-9-7-6-8-24(26)25-12-10-21(14-30(25)50(47)48)18-42-28-13-11-22(35(36,37)38)15-29(28)49-20-27(32(42)46)40-31(45)16-34(4,5)39-17-23(44)19-43/h6-13,15,23,27,39,41,43-44H,14,16-20H2,1-5H3,(H,40,45)/t23-,27+/m0/s1. The molecule has 0 aromatic heterocycles. The van der Waals surface area contributed by atoms with Gasteiger partial charge in [-0.2, -0.15) is 21.6 Å². The monoisotopic (exact) mass is 736 g/mol. The van der Waals surface area contributed by atoms with E-state index in [1.54, 1.807) is 32.1 Å². The molecule has 0 unspecified atom stereocenters. The molecule has 272 valence electrons. The summed E-state index contributed by atoms with van der Waals surface area (Å²) in [5.41, 5.74) is 0.605. The third-order valence-corrected chi connectivity index (χ3v) is 9.88. The summed E-state index contributed by atoms with van der Waals surface area (Å²) in [6.45, 7) is 8.80. The van der Waals surface area contributed by atoms with Gasteiger partial charge in [0.1, 0.15) is 6.04 Å². The minimum absolute atomic E-state index is 0.0245. The summed E-state index contributed by atoms with van der Waals surface area (Å²) in [4.78, 5) is 28.9. The van der Waals surface area contributed by atoms with Gasteiger partial charge < -0.3 is 31.1 Å². The lowest BCUT2D eigenvalue weighted by Gasteiger charge is -2.30. The molecular formula is C35H43F3N4O6S2. The highest BCUT2D eigenvalue weighted by Crippen LogP contribution is 2.40. The number of para-hydroxylation sites is 1. The number of allylic oxidation sites excluding steroid dienone is 3. The number of rotatable bonds is 11. The van der Waals surface area contributed by atoms with Crippen LogP contribution in [-0.4, -0.2) is 84.0 Å². The van der Waals surface area contributed by atoms with Gasteiger partial charge in [0.05, 0.1) is 28.8 Å².